The van der Waals surface area contributed by atoms with Crippen LogP contribution >= 0.6 is 22.9 Å². The molecule has 0 saturated carbocycles. The van der Waals surface area contributed by atoms with Crippen LogP contribution in [-0.2, 0) is 14.8 Å². The minimum atomic E-state index is -3.99. The molecule has 5 nitrogen and oxygen atoms in total. The summed E-state index contributed by atoms with van der Waals surface area (Å²) in [6.07, 6.45) is 0. The van der Waals surface area contributed by atoms with Gasteiger partial charge in [0.25, 0.3) is 10.0 Å². The van der Waals surface area contributed by atoms with E-state index in [1.165, 1.54) is 13.2 Å². The number of anilines is 1. The number of halogens is 2. The van der Waals surface area contributed by atoms with Crippen molar-refractivity contribution in [3.63, 3.8) is 0 Å². The highest BCUT2D eigenvalue weighted by Crippen LogP contribution is 2.27. The molecular formula is C12H9ClFNO4S2. The molecule has 9 heteroatoms. The van der Waals surface area contributed by atoms with E-state index in [-0.39, 0.29) is 20.5 Å². The van der Waals surface area contributed by atoms with Gasteiger partial charge < -0.3 is 4.74 Å². The number of nitrogens with one attached hydrogen (secondary N) is 1. The number of hydrogen-bond donors (Lipinski definition) is 1. The Kier molecular flexibility index (Phi) is 4.50. The minimum Gasteiger partial charge on any atom is -0.465 e. The molecule has 0 spiro atoms. The second-order valence-electron chi connectivity index (χ2n) is 3.84. The Hall–Kier alpha value is -1.64. The molecule has 0 fully saturated rings. The fourth-order valence-corrected chi connectivity index (χ4v) is 3.66. The summed E-state index contributed by atoms with van der Waals surface area (Å²) in [6.45, 7) is 0. The van der Waals surface area contributed by atoms with E-state index < -0.39 is 21.8 Å². The van der Waals surface area contributed by atoms with E-state index in [0.717, 1.165) is 29.5 Å². The Bertz CT molecular complexity index is 788. The number of thiophene rings is 1. The summed E-state index contributed by atoms with van der Waals surface area (Å²) in [7, 11) is -2.79. The van der Waals surface area contributed by atoms with Crippen LogP contribution in [0.3, 0.4) is 0 Å². The van der Waals surface area contributed by atoms with Crippen molar-refractivity contribution in [2.24, 2.45) is 0 Å². The Morgan fingerprint density at radius 2 is 2.10 bits per heavy atom. The summed E-state index contributed by atoms with van der Waals surface area (Å²) < 4.78 is 44.2. The molecule has 1 aromatic heterocycles. The maximum atomic E-state index is 13.1. The first kappa shape index (κ1) is 15.7. The molecule has 1 aromatic carbocycles. The third-order valence-corrected chi connectivity index (χ3v) is 5.03. The van der Waals surface area contributed by atoms with Gasteiger partial charge >= 0.3 is 5.97 Å². The lowest BCUT2D eigenvalue weighted by atomic mass is 10.3. The van der Waals surface area contributed by atoms with Crippen LogP contribution in [0.4, 0.5) is 10.1 Å². The van der Waals surface area contributed by atoms with Crippen LogP contribution in [-0.4, -0.2) is 21.5 Å². The van der Waals surface area contributed by atoms with Crippen molar-refractivity contribution >= 4 is 44.6 Å². The van der Waals surface area contributed by atoms with Gasteiger partial charge in [0.2, 0.25) is 0 Å². The SMILES string of the molecule is COC(=O)c1sccc1NS(=O)(=O)c1ccc(F)c(Cl)c1. The summed E-state index contributed by atoms with van der Waals surface area (Å²) in [5.41, 5.74) is 0.0901. The van der Waals surface area contributed by atoms with Crippen LogP contribution < -0.4 is 4.72 Å². The average molecular weight is 350 g/mol. The lowest BCUT2D eigenvalue weighted by Crippen LogP contribution is -2.14. The average Bonchev–Trinajstić information content (AvgIpc) is 2.88. The first-order chi connectivity index (χ1) is 9.85. The van der Waals surface area contributed by atoms with Crippen molar-refractivity contribution in [1.29, 1.82) is 0 Å². The molecule has 0 aliphatic heterocycles. The summed E-state index contributed by atoms with van der Waals surface area (Å²) in [5.74, 6) is -1.37. The van der Waals surface area contributed by atoms with Gasteiger partial charge in [-0.25, -0.2) is 17.6 Å². The van der Waals surface area contributed by atoms with Crippen LogP contribution in [0.5, 0.6) is 0 Å². The highest BCUT2D eigenvalue weighted by atomic mass is 35.5. The number of ether oxygens (including phenoxy) is 1. The van der Waals surface area contributed by atoms with Gasteiger partial charge in [0.15, 0.2) is 0 Å². The first-order valence-corrected chi connectivity index (χ1v) is 8.23. The molecule has 1 N–H and O–H groups in total. The van der Waals surface area contributed by atoms with Gasteiger partial charge in [-0.15, -0.1) is 11.3 Å². The van der Waals surface area contributed by atoms with Gasteiger partial charge in [-0.3, -0.25) is 4.72 Å². The van der Waals surface area contributed by atoms with E-state index in [0.29, 0.717) is 0 Å². The highest BCUT2D eigenvalue weighted by molar-refractivity contribution is 7.92. The number of methoxy groups -OCH3 is 1. The Morgan fingerprint density at radius 3 is 2.71 bits per heavy atom. The summed E-state index contributed by atoms with van der Waals surface area (Å²) in [4.78, 5) is 11.4. The third-order valence-electron chi connectivity index (χ3n) is 2.48. The molecule has 112 valence electrons. The minimum absolute atomic E-state index is 0.0901. The second-order valence-corrected chi connectivity index (χ2v) is 6.84. The zero-order valence-electron chi connectivity index (χ0n) is 10.6. The van der Waals surface area contributed by atoms with Crippen LogP contribution in [0, 0.1) is 5.82 Å². The van der Waals surface area contributed by atoms with Crippen molar-refractivity contribution in [2.45, 2.75) is 4.90 Å². The molecule has 1 heterocycles. The van der Waals surface area contributed by atoms with E-state index in [1.54, 1.807) is 5.38 Å². The number of benzene rings is 1. The normalized spacial score (nSPS) is 11.2. The number of sulfonamides is 1. The van der Waals surface area contributed by atoms with Gasteiger partial charge in [-0.05, 0) is 29.6 Å². The highest BCUT2D eigenvalue weighted by Gasteiger charge is 2.21. The summed E-state index contributed by atoms with van der Waals surface area (Å²) >= 11 is 6.60. The molecule has 0 saturated heterocycles. The lowest BCUT2D eigenvalue weighted by Gasteiger charge is -2.08. The molecule has 0 bridgehead atoms. The predicted octanol–water partition coefficient (Wildman–Crippen LogP) is 3.13. The largest absolute Gasteiger partial charge is 0.465 e. The van der Waals surface area contributed by atoms with Gasteiger partial charge in [0, 0.05) is 0 Å². The van der Waals surface area contributed by atoms with Gasteiger partial charge in [0.05, 0.1) is 22.7 Å². The van der Waals surface area contributed by atoms with E-state index in [9.17, 15) is 17.6 Å². The molecule has 2 aromatic rings. The van der Waals surface area contributed by atoms with Crippen LogP contribution in [0.2, 0.25) is 5.02 Å². The number of rotatable bonds is 4. The molecule has 0 aliphatic rings. The van der Waals surface area contributed by atoms with Crippen LogP contribution in [0.25, 0.3) is 0 Å². The monoisotopic (exact) mass is 349 g/mol. The molecule has 21 heavy (non-hydrogen) atoms. The van der Waals surface area contributed by atoms with E-state index in [2.05, 4.69) is 9.46 Å². The third kappa shape index (κ3) is 3.34. The molecule has 0 atom stereocenters. The van der Waals surface area contributed by atoms with Gasteiger partial charge in [-0.2, -0.15) is 0 Å². The first-order valence-electron chi connectivity index (χ1n) is 5.49. The van der Waals surface area contributed by atoms with Crippen molar-refractivity contribution < 1.29 is 22.3 Å². The second kappa shape index (κ2) is 6.00. The Morgan fingerprint density at radius 1 is 1.38 bits per heavy atom. The fraction of sp³-hybridized carbons (Fsp3) is 0.0833. The van der Waals surface area contributed by atoms with E-state index in [4.69, 9.17) is 11.6 Å². The molecule has 2 rings (SSSR count). The van der Waals surface area contributed by atoms with Crippen molar-refractivity contribution in [2.75, 3.05) is 11.8 Å². The topological polar surface area (TPSA) is 72.5 Å². The quantitative estimate of drug-likeness (QED) is 0.861. The summed E-state index contributed by atoms with van der Waals surface area (Å²) in [5, 5.41) is 1.23. The van der Waals surface area contributed by atoms with Crippen molar-refractivity contribution in [1.82, 2.24) is 0 Å². The molecule has 0 amide bonds. The maximum Gasteiger partial charge on any atom is 0.350 e. The number of hydrogen-bond acceptors (Lipinski definition) is 5. The molecule has 0 radical (unpaired) electrons. The molecule has 0 unspecified atom stereocenters. The lowest BCUT2D eigenvalue weighted by molar-refractivity contribution is 0.0607. The molecule has 0 aliphatic carbocycles. The smallest absolute Gasteiger partial charge is 0.350 e. The fourth-order valence-electron chi connectivity index (χ4n) is 1.49. The zero-order chi connectivity index (χ0) is 15.6. The van der Waals surface area contributed by atoms with E-state index >= 15 is 0 Å². The van der Waals surface area contributed by atoms with Gasteiger partial charge in [-0.1, -0.05) is 11.6 Å². The van der Waals surface area contributed by atoms with Crippen LogP contribution in [0.1, 0.15) is 9.67 Å². The maximum absolute atomic E-state index is 13.1. The number of esters is 1. The Balaban J connectivity index is 2.36. The Labute approximate surface area is 129 Å². The predicted molar refractivity (Wildman–Crippen MR) is 77.9 cm³/mol. The standard InChI is InChI=1S/C12H9ClFNO4S2/c1-19-12(16)11-10(4-5-20-11)15-21(17,18)7-2-3-9(14)8(13)6-7/h2-6,15H,1H3. The van der Waals surface area contributed by atoms with Crippen LogP contribution in [0.15, 0.2) is 34.5 Å². The number of carbonyl (C=O) groups is 1. The van der Waals surface area contributed by atoms with Crippen molar-refractivity contribution in [3.05, 3.63) is 45.4 Å². The number of carbonyl (C=O) groups excluding carboxylic acids is 1. The van der Waals surface area contributed by atoms with Gasteiger partial charge in [0.1, 0.15) is 10.7 Å². The van der Waals surface area contributed by atoms with Crippen molar-refractivity contribution in [3.8, 4) is 0 Å². The molecular weight excluding hydrogens is 341 g/mol. The zero-order valence-corrected chi connectivity index (χ0v) is 13.0. The summed E-state index contributed by atoms with van der Waals surface area (Å²) in [6, 6.07) is 4.45. The van der Waals surface area contributed by atoms with E-state index in [1.807, 2.05) is 0 Å².